The van der Waals surface area contributed by atoms with Crippen molar-refractivity contribution >= 4 is 5.97 Å². The zero-order chi connectivity index (χ0) is 10.1. The van der Waals surface area contributed by atoms with Crippen LogP contribution in [0, 0.1) is 0 Å². The van der Waals surface area contributed by atoms with Crippen LogP contribution in [0.25, 0.3) is 0 Å². The summed E-state index contributed by atoms with van der Waals surface area (Å²) in [7, 11) is 0. The molecular formula is C9H19NO3. The normalized spacial score (nSPS) is 12.8. The lowest BCUT2D eigenvalue weighted by Gasteiger charge is -2.06. The quantitative estimate of drug-likeness (QED) is 0.559. The Bertz CT molecular complexity index is 139. The van der Waals surface area contributed by atoms with Gasteiger partial charge >= 0.3 is 5.97 Å². The highest BCUT2D eigenvalue weighted by Crippen LogP contribution is 1.95. The lowest BCUT2D eigenvalue weighted by atomic mass is 10.2. The molecule has 0 fully saturated rings. The molecular weight excluding hydrogens is 170 g/mol. The molecule has 0 aliphatic heterocycles. The van der Waals surface area contributed by atoms with Crippen LogP contribution in [0.4, 0.5) is 0 Å². The van der Waals surface area contributed by atoms with Crippen molar-refractivity contribution in [2.75, 3.05) is 13.2 Å². The van der Waals surface area contributed by atoms with Crippen molar-refractivity contribution in [1.29, 1.82) is 0 Å². The summed E-state index contributed by atoms with van der Waals surface area (Å²) in [5.74, 6) is -0.961. The maximum Gasteiger partial charge on any atom is 0.320 e. The number of carboxylic acid groups (broad SMARTS) is 1. The Labute approximate surface area is 79.1 Å². The van der Waals surface area contributed by atoms with E-state index in [-0.39, 0.29) is 0 Å². The average molecular weight is 189 g/mol. The lowest BCUT2D eigenvalue weighted by Crippen LogP contribution is -2.31. The topological polar surface area (TPSA) is 72.5 Å². The van der Waals surface area contributed by atoms with Gasteiger partial charge in [0.1, 0.15) is 6.04 Å². The molecule has 0 unspecified atom stereocenters. The van der Waals surface area contributed by atoms with Crippen molar-refractivity contribution in [3.63, 3.8) is 0 Å². The third kappa shape index (κ3) is 7.74. The van der Waals surface area contributed by atoms with Gasteiger partial charge in [0, 0.05) is 13.2 Å². The molecule has 4 heteroatoms. The summed E-state index contributed by atoms with van der Waals surface area (Å²) in [6.45, 7) is 3.28. The van der Waals surface area contributed by atoms with Gasteiger partial charge in [-0.1, -0.05) is 19.8 Å². The van der Waals surface area contributed by atoms with Crippen molar-refractivity contribution in [3.05, 3.63) is 0 Å². The lowest BCUT2D eigenvalue weighted by molar-refractivity contribution is -0.139. The van der Waals surface area contributed by atoms with Crippen molar-refractivity contribution < 1.29 is 14.6 Å². The Hall–Kier alpha value is -0.610. The van der Waals surface area contributed by atoms with E-state index >= 15 is 0 Å². The van der Waals surface area contributed by atoms with E-state index in [0.717, 1.165) is 19.3 Å². The molecule has 0 saturated heterocycles. The van der Waals surface area contributed by atoms with Gasteiger partial charge in [-0.05, 0) is 12.8 Å². The van der Waals surface area contributed by atoms with Gasteiger partial charge in [-0.25, -0.2) is 0 Å². The van der Waals surface area contributed by atoms with Crippen LogP contribution in [0.3, 0.4) is 0 Å². The fraction of sp³-hybridized carbons (Fsp3) is 0.889. The summed E-state index contributed by atoms with van der Waals surface area (Å²) < 4.78 is 5.21. The van der Waals surface area contributed by atoms with Crippen LogP contribution >= 0.6 is 0 Å². The van der Waals surface area contributed by atoms with Gasteiger partial charge in [-0.2, -0.15) is 0 Å². The number of ether oxygens (including phenoxy) is 1. The number of aliphatic carboxylic acids is 1. The first-order chi connectivity index (χ1) is 6.18. The summed E-state index contributed by atoms with van der Waals surface area (Å²) in [6, 6.07) is -0.786. The Morgan fingerprint density at radius 3 is 2.69 bits per heavy atom. The van der Waals surface area contributed by atoms with Crippen LogP contribution < -0.4 is 5.73 Å². The van der Waals surface area contributed by atoms with Gasteiger partial charge in [-0.15, -0.1) is 0 Å². The molecule has 78 valence electrons. The molecule has 0 amide bonds. The minimum absolute atomic E-state index is 0.390. The molecule has 0 aromatic carbocycles. The van der Waals surface area contributed by atoms with Gasteiger partial charge in [0.15, 0.2) is 0 Å². The molecule has 0 aromatic heterocycles. The summed E-state index contributed by atoms with van der Waals surface area (Å²) in [5, 5.41) is 8.44. The van der Waals surface area contributed by atoms with Crippen LogP contribution in [-0.2, 0) is 9.53 Å². The van der Waals surface area contributed by atoms with E-state index in [2.05, 4.69) is 6.92 Å². The van der Waals surface area contributed by atoms with Crippen LogP contribution in [-0.4, -0.2) is 30.3 Å². The van der Waals surface area contributed by atoms with E-state index in [1.165, 1.54) is 0 Å². The number of carboxylic acids is 1. The third-order valence-corrected chi connectivity index (χ3v) is 1.78. The fourth-order valence-electron chi connectivity index (χ4n) is 0.890. The highest BCUT2D eigenvalue weighted by molar-refractivity contribution is 5.72. The van der Waals surface area contributed by atoms with E-state index in [9.17, 15) is 4.79 Å². The number of carbonyl (C=O) groups is 1. The second-order valence-electron chi connectivity index (χ2n) is 3.05. The Kier molecular flexibility index (Phi) is 7.63. The maximum atomic E-state index is 10.3. The van der Waals surface area contributed by atoms with Crippen LogP contribution in [0.15, 0.2) is 0 Å². The molecule has 0 saturated carbocycles. The minimum atomic E-state index is -0.961. The Balaban J connectivity index is 3.11. The first kappa shape index (κ1) is 12.4. The number of nitrogens with two attached hydrogens (primary N) is 1. The van der Waals surface area contributed by atoms with Gasteiger partial charge in [0.05, 0.1) is 0 Å². The van der Waals surface area contributed by atoms with Crippen molar-refractivity contribution in [1.82, 2.24) is 0 Å². The molecule has 0 rings (SSSR count). The molecule has 3 N–H and O–H groups in total. The van der Waals surface area contributed by atoms with E-state index in [0.29, 0.717) is 19.6 Å². The first-order valence-electron chi connectivity index (χ1n) is 4.74. The number of unbranched alkanes of at least 4 members (excludes halogenated alkanes) is 2. The largest absolute Gasteiger partial charge is 0.480 e. The Morgan fingerprint density at radius 1 is 1.46 bits per heavy atom. The molecule has 0 radical (unpaired) electrons. The van der Waals surface area contributed by atoms with Crippen LogP contribution in [0.2, 0.25) is 0 Å². The molecule has 0 aromatic rings. The average Bonchev–Trinajstić information content (AvgIpc) is 2.10. The second kappa shape index (κ2) is 8.01. The number of rotatable bonds is 8. The molecule has 0 aliphatic carbocycles. The van der Waals surface area contributed by atoms with Crippen LogP contribution in [0.5, 0.6) is 0 Å². The SMILES string of the molecule is CCCCCOCC[C@H](N)C(=O)O. The van der Waals surface area contributed by atoms with Gasteiger partial charge in [0.25, 0.3) is 0 Å². The highest BCUT2D eigenvalue weighted by atomic mass is 16.5. The number of hydrogen-bond acceptors (Lipinski definition) is 3. The zero-order valence-electron chi connectivity index (χ0n) is 8.16. The smallest absolute Gasteiger partial charge is 0.320 e. The van der Waals surface area contributed by atoms with E-state index in [4.69, 9.17) is 15.6 Å². The molecule has 0 aliphatic rings. The fourth-order valence-corrected chi connectivity index (χ4v) is 0.890. The maximum absolute atomic E-state index is 10.3. The van der Waals surface area contributed by atoms with Crippen molar-refractivity contribution in [2.45, 2.75) is 38.6 Å². The van der Waals surface area contributed by atoms with E-state index in [1.807, 2.05) is 0 Å². The summed E-state index contributed by atoms with van der Waals surface area (Å²) in [6.07, 6.45) is 3.75. The highest BCUT2D eigenvalue weighted by Gasteiger charge is 2.09. The van der Waals surface area contributed by atoms with Gasteiger partial charge in [-0.3, -0.25) is 4.79 Å². The molecule has 4 nitrogen and oxygen atoms in total. The summed E-state index contributed by atoms with van der Waals surface area (Å²) >= 11 is 0. The molecule has 0 spiro atoms. The molecule has 0 heterocycles. The molecule has 0 bridgehead atoms. The summed E-state index contributed by atoms with van der Waals surface area (Å²) in [4.78, 5) is 10.3. The van der Waals surface area contributed by atoms with E-state index in [1.54, 1.807) is 0 Å². The monoisotopic (exact) mass is 189 g/mol. The second-order valence-corrected chi connectivity index (χ2v) is 3.05. The zero-order valence-corrected chi connectivity index (χ0v) is 8.16. The molecule has 1 atom stereocenters. The van der Waals surface area contributed by atoms with Crippen molar-refractivity contribution in [2.24, 2.45) is 5.73 Å². The van der Waals surface area contributed by atoms with Gasteiger partial charge < -0.3 is 15.6 Å². The molecule has 13 heavy (non-hydrogen) atoms. The Morgan fingerprint density at radius 2 is 2.15 bits per heavy atom. The minimum Gasteiger partial charge on any atom is -0.480 e. The first-order valence-corrected chi connectivity index (χ1v) is 4.74. The van der Waals surface area contributed by atoms with E-state index < -0.39 is 12.0 Å². The van der Waals surface area contributed by atoms with Crippen molar-refractivity contribution in [3.8, 4) is 0 Å². The predicted octanol–water partition coefficient (Wildman–Crippen LogP) is 0.995. The van der Waals surface area contributed by atoms with Crippen LogP contribution in [0.1, 0.15) is 32.6 Å². The third-order valence-electron chi connectivity index (χ3n) is 1.78. The number of hydrogen-bond donors (Lipinski definition) is 2. The van der Waals surface area contributed by atoms with Gasteiger partial charge in [0.2, 0.25) is 0 Å². The standard InChI is InChI=1S/C9H19NO3/c1-2-3-4-6-13-7-5-8(10)9(11)12/h8H,2-7,10H2,1H3,(H,11,12)/t8-/m0/s1. The predicted molar refractivity (Wildman–Crippen MR) is 50.6 cm³/mol. The summed E-state index contributed by atoms with van der Waals surface area (Å²) in [5.41, 5.74) is 5.28.